The van der Waals surface area contributed by atoms with Crippen molar-refractivity contribution in [3.8, 4) is 0 Å². The third-order valence-electron chi connectivity index (χ3n) is 2.97. The molecule has 2 aromatic rings. The van der Waals surface area contributed by atoms with Crippen LogP contribution in [-0.2, 0) is 0 Å². The third kappa shape index (κ3) is 1.39. The molecule has 0 saturated carbocycles. The summed E-state index contributed by atoms with van der Waals surface area (Å²) in [6, 6.07) is 9.01. The molecule has 0 aromatic heterocycles. The molecule has 88 valence electrons. The quantitative estimate of drug-likeness (QED) is 0.638. The first-order valence-corrected chi connectivity index (χ1v) is 6.07. The topological polar surface area (TPSA) is 34.1 Å². The largest absolute Gasteiger partial charge is 0.289 e. The van der Waals surface area contributed by atoms with Gasteiger partial charge in [-0.3, -0.25) is 9.59 Å². The zero-order valence-corrected chi connectivity index (χ0v) is 10.6. The van der Waals surface area contributed by atoms with Crippen LogP contribution >= 0.6 is 15.9 Å². The van der Waals surface area contributed by atoms with Gasteiger partial charge in [-0.05, 0) is 12.1 Å². The Kier molecular flexibility index (Phi) is 2.41. The van der Waals surface area contributed by atoms with Gasteiger partial charge in [-0.1, -0.05) is 40.2 Å². The molecule has 0 fully saturated rings. The SMILES string of the molecule is O=C1c2cccc(F)c2C(=O)c2c(Br)cccc21. The van der Waals surface area contributed by atoms with E-state index in [1.54, 1.807) is 18.2 Å². The van der Waals surface area contributed by atoms with Crippen LogP contribution in [0.1, 0.15) is 31.8 Å². The molecule has 0 unspecified atom stereocenters. The van der Waals surface area contributed by atoms with Crippen molar-refractivity contribution >= 4 is 27.5 Å². The Balaban J connectivity index is 2.40. The third-order valence-corrected chi connectivity index (χ3v) is 3.63. The molecule has 0 N–H and O–H groups in total. The Labute approximate surface area is 111 Å². The zero-order valence-electron chi connectivity index (χ0n) is 9.04. The highest BCUT2D eigenvalue weighted by Crippen LogP contribution is 2.32. The Morgan fingerprint density at radius 1 is 0.833 bits per heavy atom. The highest BCUT2D eigenvalue weighted by Gasteiger charge is 2.33. The van der Waals surface area contributed by atoms with E-state index in [0.717, 1.165) is 0 Å². The Morgan fingerprint density at radius 3 is 2.17 bits per heavy atom. The fourth-order valence-corrected chi connectivity index (χ4v) is 2.70. The molecule has 0 spiro atoms. The molecule has 18 heavy (non-hydrogen) atoms. The summed E-state index contributed by atoms with van der Waals surface area (Å²) in [6.07, 6.45) is 0. The van der Waals surface area contributed by atoms with Crippen LogP contribution in [0.3, 0.4) is 0 Å². The van der Waals surface area contributed by atoms with E-state index in [-0.39, 0.29) is 22.5 Å². The molecule has 0 aliphatic heterocycles. The number of carbonyl (C=O) groups is 2. The fourth-order valence-electron chi connectivity index (χ4n) is 2.16. The van der Waals surface area contributed by atoms with Crippen molar-refractivity contribution in [1.29, 1.82) is 0 Å². The minimum Gasteiger partial charge on any atom is -0.289 e. The monoisotopic (exact) mass is 304 g/mol. The summed E-state index contributed by atoms with van der Waals surface area (Å²) in [5.41, 5.74) is 0.542. The molecule has 2 nitrogen and oxygen atoms in total. The Morgan fingerprint density at radius 2 is 1.44 bits per heavy atom. The van der Waals surface area contributed by atoms with E-state index in [1.807, 2.05) is 0 Å². The Bertz CT molecular complexity index is 649. The van der Waals surface area contributed by atoms with E-state index >= 15 is 0 Å². The van der Waals surface area contributed by atoms with Crippen LogP contribution in [0.25, 0.3) is 0 Å². The van der Waals surface area contributed by atoms with Gasteiger partial charge in [0, 0.05) is 21.2 Å². The molecule has 1 aliphatic rings. The average molecular weight is 305 g/mol. The van der Waals surface area contributed by atoms with Crippen LogP contribution in [0.4, 0.5) is 4.39 Å². The summed E-state index contributed by atoms with van der Waals surface area (Å²) in [4.78, 5) is 24.5. The summed E-state index contributed by atoms with van der Waals surface area (Å²) in [7, 11) is 0. The van der Waals surface area contributed by atoms with Crippen molar-refractivity contribution in [3.63, 3.8) is 0 Å². The maximum Gasteiger partial charge on any atom is 0.198 e. The highest BCUT2D eigenvalue weighted by molar-refractivity contribution is 9.10. The van der Waals surface area contributed by atoms with E-state index in [0.29, 0.717) is 10.0 Å². The lowest BCUT2D eigenvalue weighted by molar-refractivity contribution is 0.0975. The molecule has 0 radical (unpaired) electrons. The summed E-state index contributed by atoms with van der Waals surface area (Å²) in [5, 5.41) is 0. The van der Waals surface area contributed by atoms with Gasteiger partial charge < -0.3 is 0 Å². The molecule has 1 aliphatic carbocycles. The second kappa shape index (κ2) is 3.85. The molecular formula is C14H6BrFO2. The number of ketones is 2. The number of carbonyl (C=O) groups excluding carboxylic acids is 2. The second-order valence-corrected chi connectivity index (χ2v) is 4.84. The number of fused-ring (bicyclic) bond motifs is 2. The zero-order chi connectivity index (χ0) is 12.9. The maximum absolute atomic E-state index is 13.7. The van der Waals surface area contributed by atoms with Crippen molar-refractivity contribution in [3.05, 3.63) is 68.9 Å². The van der Waals surface area contributed by atoms with Crippen molar-refractivity contribution in [2.75, 3.05) is 0 Å². The van der Waals surface area contributed by atoms with Crippen LogP contribution < -0.4 is 0 Å². The van der Waals surface area contributed by atoms with Gasteiger partial charge in [-0.2, -0.15) is 0 Å². The normalized spacial score (nSPS) is 13.2. The predicted molar refractivity (Wildman–Crippen MR) is 67.4 cm³/mol. The summed E-state index contributed by atoms with van der Waals surface area (Å²) >= 11 is 3.23. The van der Waals surface area contributed by atoms with Gasteiger partial charge in [-0.15, -0.1) is 0 Å². The molecule has 0 saturated heterocycles. The molecule has 0 atom stereocenters. The summed E-state index contributed by atoms with van der Waals surface area (Å²) in [6.45, 7) is 0. The number of hydrogen-bond acceptors (Lipinski definition) is 2. The summed E-state index contributed by atoms with van der Waals surface area (Å²) < 4.78 is 14.2. The maximum atomic E-state index is 13.7. The van der Waals surface area contributed by atoms with Gasteiger partial charge in [-0.25, -0.2) is 4.39 Å². The lowest BCUT2D eigenvalue weighted by Gasteiger charge is -2.18. The molecule has 4 heteroatoms. The smallest absolute Gasteiger partial charge is 0.198 e. The Hall–Kier alpha value is -1.81. The van der Waals surface area contributed by atoms with Crippen LogP contribution in [0.2, 0.25) is 0 Å². The standard InChI is InChI=1S/C14H6BrFO2/c15-9-5-1-3-7-11(9)14(18)12-8(13(7)17)4-2-6-10(12)16/h1-6H. The number of benzene rings is 2. The van der Waals surface area contributed by atoms with E-state index in [1.165, 1.54) is 18.2 Å². The van der Waals surface area contributed by atoms with Crippen LogP contribution in [-0.4, -0.2) is 11.6 Å². The van der Waals surface area contributed by atoms with Crippen LogP contribution in [0, 0.1) is 5.82 Å². The minimum absolute atomic E-state index is 0.130. The average Bonchev–Trinajstić information content (AvgIpc) is 2.35. The van der Waals surface area contributed by atoms with Gasteiger partial charge in [0.1, 0.15) is 5.82 Å². The lowest BCUT2D eigenvalue weighted by atomic mass is 9.84. The van der Waals surface area contributed by atoms with Gasteiger partial charge in [0.05, 0.1) is 5.56 Å². The summed E-state index contributed by atoms with van der Waals surface area (Å²) in [5.74, 6) is -1.43. The number of rotatable bonds is 0. The number of halogens is 2. The van der Waals surface area contributed by atoms with Gasteiger partial charge in [0.2, 0.25) is 0 Å². The van der Waals surface area contributed by atoms with Crippen molar-refractivity contribution in [2.45, 2.75) is 0 Å². The molecule has 0 bridgehead atoms. The van der Waals surface area contributed by atoms with Crippen LogP contribution in [0.5, 0.6) is 0 Å². The van der Waals surface area contributed by atoms with Gasteiger partial charge >= 0.3 is 0 Å². The minimum atomic E-state index is -0.660. The molecule has 2 aromatic carbocycles. The van der Waals surface area contributed by atoms with E-state index in [4.69, 9.17) is 0 Å². The van der Waals surface area contributed by atoms with Gasteiger partial charge in [0.15, 0.2) is 11.6 Å². The first kappa shape index (κ1) is 11.3. The van der Waals surface area contributed by atoms with Crippen molar-refractivity contribution in [2.24, 2.45) is 0 Å². The van der Waals surface area contributed by atoms with Crippen molar-refractivity contribution in [1.82, 2.24) is 0 Å². The fraction of sp³-hybridized carbons (Fsp3) is 0. The van der Waals surface area contributed by atoms with E-state index < -0.39 is 11.6 Å². The van der Waals surface area contributed by atoms with E-state index in [2.05, 4.69) is 15.9 Å². The highest BCUT2D eigenvalue weighted by atomic mass is 79.9. The first-order chi connectivity index (χ1) is 8.61. The van der Waals surface area contributed by atoms with E-state index in [9.17, 15) is 14.0 Å². The first-order valence-electron chi connectivity index (χ1n) is 5.27. The van der Waals surface area contributed by atoms with Crippen molar-refractivity contribution < 1.29 is 14.0 Å². The molecular weight excluding hydrogens is 299 g/mol. The lowest BCUT2D eigenvalue weighted by Crippen LogP contribution is -2.22. The predicted octanol–water partition coefficient (Wildman–Crippen LogP) is 3.36. The molecule has 0 amide bonds. The van der Waals surface area contributed by atoms with Gasteiger partial charge in [0.25, 0.3) is 0 Å². The number of hydrogen-bond donors (Lipinski definition) is 0. The molecule has 3 rings (SSSR count). The molecule has 0 heterocycles. The van der Waals surface area contributed by atoms with Crippen LogP contribution in [0.15, 0.2) is 40.9 Å². The second-order valence-electron chi connectivity index (χ2n) is 3.98.